The highest BCUT2D eigenvalue weighted by atomic mass is 16.6. The summed E-state index contributed by atoms with van der Waals surface area (Å²) in [7, 11) is 0. The molecule has 0 aromatic carbocycles. The van der Waals surface area contributed by atoms with Crippen LogP contribution in [0.1, 0.15) is 21.0 Å². The zero-order chi connectivity index (χ0) is 27.1. The van der Waals surface area contributed by atoms with Gasteiger partial charge in [0.2, 0.25) is 23.6 Å². The number of amides is 4. The smallest absolute Gasteiger partial charge is 0.358 e. The Hall–Kier alpha value is -4.56. The van der Waals surface area contributed by atoms with Crippen LogP contribution in [-0.4, -0.2) is 118 Å². The number of ether oxygens (including phenoxy) is 2. The van der Waals surface area contributed by atoms with Gasteiger partial charge in [-0.3, -0.25) is 29.0 Å². The van der Waals surface area contributed by atoms with Gasteiger partial charge in [-0.05, 0) is 24.3 Å². The third kappa shape index (κ3) is 6.60. The van der Waals surface area contributed by atoms with Crippen LogP contribution in [0.5, 0.6) is 0 Å². The lowest BCUT2D eigenvalue weighted by Gasteiger charge is -2.35. The number of rotatable bonds is 9. The summed E-state index contributed by atoms with van der Waals surface area (Å²) in [4.78, 5) is 86.5. The van der Waals surface area contributed by atoms with E-state index in [9.17, 15) is 28.8 Å². The van der Waals surface area contributed by atoms with Crippen molar-refractivity contribution in [3.8, 4) is 0 Å². The molecule has 0 aliphatic carbocycles. The Balaban J connectivity index is 1.20. The molecule has 38 heavy (non-hydrogen) atoms. The van der Waals surface area contributed by atoms with Crippen LogP contribution in [0.25, 0.3) is 0 Å². The first kappa shape index (κ1) is 26.5. The Morgan fingerprint density at radius 2 is 1.00 bits per heavy atom. The number of hydrogen-bond acceptors (Lipinski definition) is 12. The zero-order valence-electron chi connectivity index (χ0n) is 20.2. The van der Waals surface area contributed by atoms with Crippen molar-refractivity contribution in [1.82, 2.24) is 29.6 Å². The molecule has 14 heteroatoms. The number of pyridine rings is 2. The van der Waals surface area contributed by atoms with Crippen molar-refractivity contribution in [2.24, 2.45) is 0 Å². The van der Waals surface area contributed by atoms with Gasteiger partial charge in [0.05, 0.1) is 26.2 Å². The first-order valence-electron chi connectivity index (χ1n) is 11.6. The summed E-state index contributed by atoms with van der Waals surface area (Å²) in [6.45, 7) is -0.942. The SMILES string of the molecule is O=C(OCN1C(=O)CN(CCN2CC(=O)N(COC(=O)c3ccccn3)C(=O)C2)CC1=O)c1ccccn1. The summed E-state index contributed by atoms with van der Waals surface area (Å²) >= 11 is 0. The molecular weight excluding hydrogens is 500 g/mol. The summed E-state index contributed by atoms with van der Waals surface area (Å²) in [5.41, 5.74) is 0.114. The Bertz CT molecular complexity index is 1090. The minimum atomic E-state index is -0.756. The normalized spacial score (nSPS) is 17.1. The second-order valence-corrected chi connectivity index (χ2v) is 8.40. The summed E-state index contributed by atoms with van der Waals surface area (Å²) in [5, 5.41) is 0. The molecule has 0 atom stereocenters. The minimum Gasteiger partial charge on any atom is -0.439 e. The first-order chi connectivity index (χ1) is 18.3. The molecule has 2 aliphatic rings. The van der Waals surface area contributed by atoms with Crippen LogP contribution in [0.4, 0.5) is 0 Å². The van der Waals surface area contributed by atoms with Crippen molar-refractivity contribution in [2.75, 3.05) is 52.7 Å². The van der Waals surface area contributed by atoms with Gasteiger partial charge in [0.1, 0.15) is 11.4 Å². The Labute approximate surface area is 216 Å². The van der Waals surface area contributed by atoms with Crippen molar-refractivity contribution in [2.45, 2.75) is 0 Å². The number of nitrogens with zero attached hydrogens (tertiary/aromatic N) is 6. The fourth-order valence-corrected chi connectivity index (χ4v) is 3.74. The molecule has 4 rings (SSSR count). The molecule has 0 bridgehead atoms. The number of hydrogen-bond donors (Lipinski definition) is 0. The monoisotopic (exact) mass is 524 g/mol. The highest BCUT2D eigenvalue weighted by Gasteiger charge is 2.34. The Morgan fingerprint density at radius 3 is 1.32 bits per heavy atom. The summed E-state index contributed by atoms with van der Waals surface area (Å²) in [5.74, 6) is -3.67. The van der Waals surface area contributed by atoms with Gasteiger partial charge in [0.15, 0.2) is 13.5 Å². The van der Waals surface area contributed by atoms with Crippen LogP contribution >= 0.6 is 0 Å². The fraction of sp³-hybridized carbons (Fsp3) is 0.333. The van der Waals surface area contributed by atoms with Crippen molar-refractivity contribution in [3.05, 3.63) is 60.2 Å². The van der Waals surface area contributed by atoms with Gasteiger partial charge in [-0.15, -0.1) is 0 Å². The van der Waals surface area contributed by atoms with Gasteiger partial charge in [0, 0.05) is 25.5 Å². The standard InChI is InChI=1S/C24H24N6O8/c31-19-11-27(12-20(32)29(19)15-37-23(35)17-5-1-3-7-25-17)9-10-28-13-21(33)30(22(34)14-28)16-38-24(36)18-6-2-4-8-26-18/h1-8H,9-16H2. The van der Waals surface area contributed by atoms with Gasteiger partial charge in [-0.1, -0.05) is 12.1 Å². The van der Waals surface area contributed by atoms with E-state index in [1.807, 2.05) is 0 Å². The molecule has 2 aliphatic heterocycles. The van der Waals surface area contributed by atoms with Crippen molar-refractivity contribution in [1.29, 1.82) is 0 Å². The van der Waals surface area contributed by atoms with Crippen LogP contribution in [0.15, 0.2) is 48.8 Å². The molecule has 2 aromatic rings. The van der Waals surface area contributed by atoms with E-state index in [0.717, 1.165) is 9.80 Å². The first-order valence-corrected chi connectivity index (χ1v) is 11.6. The fourth-order valence-electron chi connectivity index (χ4n) is 3.74. The van der Waals surface area contributed by atoms with Crippen molar-refractivity contribution >= 4 is 35.6 Å². The lowest BCUT2D eigenvalue weighted by atomic mass is 10.2. The predicted molar refractivity (Wildman–Crippen MR) is 126 cm³/mol. The minimum absolute atomic E-state index is 0.0570. The zero-order valence-corrected chi connectivity index (χ0v) is 20.2. The van der Waals surface area contributed by atoms with E-state index in [1.165, 1.54) is 24.5 Å². The third-order valence-electron chi connectivity index (χ3n) is 5.77. The van der Waals surface area contributed by atoms with Crippen LogP contribution in [-0.2, 0) is 28.7 Å². The van der Waals surface area contributed by atoms with E-state index in [-0.39, 0.29) is 50.7 Å². The van der Waals surface area contributed by atoms with Crippen LogP contribution in [0, 0.1) is 0 Å². The molecule has 2 saturated heterocycles. The highest BCUT2D eigenvalue weighted by molar-refractivity contribution is 6.00. The number of aromatic nitrogens is 2. The van der Waals surface area contributed by atoms with Gasteiger partial charge in [-0.2, -0.15) is 0 Å². The van der Waals surface area contributed by atoms with E-state index in [0.29, 0.717) is 0 Å². The second kappa shape index (κ2) is 12.1. The van der Waals surface area contributed by atoms with Gasteiger partial charge >= 0.3 is 11.9 Å². The second-order valence-electron chi connectivity index (χ2n) is 8.40. The molecule has 4 amide bonds. The third-order valence-corrected chi connectivity index (χ3v) is 5.77. The predicted octanol–water partition coefficient (Wildman–Crippen LogP) is -1.25. The molecule has 0 saturated carbocycles. The number of imide groups is 2. The average molecular weight is 524 g/mol. The number of carbonyl (C=O) groups excluding carboxylic acids is 6. The molecule has 0 unspecified atom stereocenters. The maximum Gasteiger partial charge on any atom is 0.358 e. The molecule has 0 radical (unpaired) electrons. The Kier molecular flexibility index (Phi) is 8.45. The molecular formula is C24H24N6O8. The summed E-state index contributed by atoms with van der Waals surface area (Å²) in [6.07, 6.45) is 2.84. The lowest BCUT2D eigenvalue weighted by Crippen LogP contribution is -2.58. The van der Waals surface area contributed by atoms with E-state index in [2.05, 4.69) is 9.97 Å². The van der Waals surface area contributed by atoms with E-state index < -0.39 is 49.0 Å². The van der Waals surface area contributed by atoms with Gasteiger partial charge < -0.3 is 9.47 Å². The van der Waals surface area contributed by atoms with E-state index in [1.54, 1.807) is 34.1 Å². The molecule has 0 N–H and O–H groups in total. The van der Waals surface area contributed by atoms with Gasteiger partial charge in [-0.25, -0.2) is 29.4 Å². The van der Waals surface area contributed by atoms with Crippen molar-refractivity contribution < 1.29 is 38.2 Å². The topological polar surface area (TPSA) is 160 Å². The van der Waals surface area contributed by atoms with Crippen LogP contribution < -0.4 is 0 Å². The molecule has 2 fully saturated rings. The van der Waals surface area contributed by atoms with Crippen LogP contribution in [0.3, 0.4) is 0 Å². The molecule has 14 nitrogen and oxygen atoms in total. The van der Waals surface area contributed by atoms with Crippen molar-refractivity contribution in [3.63, 3.8) is 0 Å². The number of esters is 2. The molecule has 198 valence electrons. The number of piperazine rings is 2. The van der Waals surface area contributed by atoms with E-state index >= 15 is 0 Å². The quantitative estimate of drug-likeness (QED) is 0.284. The van der Waals surface area contributed by atoms with Crippen LogP contribution in [0.2, 0.25) is 0 Å². The molecule has 2 aromatic heterocycles. The highest BCUT2D eigenvalue weighted by Crippen LogP contribution is 2.10. The summed E-state index contributed by atoms with van der Waals surface area (Å²) in [6, 6.07) is 9.39. The Morgan fingerprint density at radius 1 is 0.632 bits per heavy atom. The van der Waals surface area contributed by atoms with Gasteiger partial charge in [0.25, 0.3) is 0 Å². The maximum atomic E-state index is 12.5. The lowest BCUT2D eigenvalue weighted by molar-refractivity contribution is -0.159. The molecule has 4 heterocycles. The maximum absolute atomic E-state index is 12.5. The summed E-state index contributed by atoms with van der Waals surface area (Å²) < 4.78 is 10.1. The molecule has 0 spiro atoms. The van der Waals surface area contributed by atoms with E-state index in [4.69, 9.17) is 9.47 Å². The average Bonchev–Trinajstić information content (AvgIpc) is 2.91. The number of carbonyl (C=O) groups is 6. The largest absolute Gasteiger partial charge is 0.439 e.